The Balaban J connectivity index is 2.14. The molecular weight excluding hydrogens is 330 g/mol. The predicted molar refractivity (Wildman–Crippen MR) is 86.1 cm³/mol. The normalized spacial score (nSPS) is 11.1. The molecule has 0 aliphatic carbocycles. The fourth-order valence-corrected chi connectivity index (χ4v) is 2.52. The van der Waals surface area contributed by atoms with E-state index in [0.29, 0.717) is 0 Å². The van der Waals surface area contributed by atoms with E-state index in [9.17, 15) is 0 Å². The van der Waals surface area contributed by atoms with Crippen molar-refractivity contribution in [2.45, 2.75) is 0 Å². The highest BCUT2D eigenvalue weighted by Gasteiger charge is 2.11. The minimum absolute atomic E-state index is 0.749. The first kappa shape index (κ1) is 13.6. The molecule has 0 saturated carbocycles. The molecule has 3 aromatic rings. The van der Waals surface area contributed by atoms with Crippen LogP contribution in [0, 0.1) is 0 Å². The maximum absolute atomic E-state index is 8.85. The van der Waals surface area contributed by atoms with Crippen LogP contribution < -0.4 is 0 Å². The van der Waals surface area contributed by atoms with Gasteiger partial charge in [0.15, 0.2) is 0 Å². The van der Waals surface area contributed by atoms with E-state index in [-0.39, 0.29) is 0 Å². The van der Waals surface area contributed by atoms with Crippen LogP contribution in [0.1, 0.15) is 5.56 Å². The zero-order valence-corrected chi connectivity index (χ0v) is 12.6. The van der Waals surface area contributed by atoms with E-state index in [2.05, 4.69) is 26.2 Å². The van der Waals surface area contributed by atoms with Crippen molar-refractivity contribution in [1.29, 1.82) is 0 Å². The number of aromatic nitrogens is 2. The zero-order valence-electron chi connectivity index (χ0n) is 11.0. The van der Waals surface area contributed by atoms with E-state index in [4.69, 9.17) is 5.21 Å². The van der Waals surface area contributed by atoms with Gasteiger partial charge in [-0.1, -0.05) is 51.4 Å². The largest absolute Gasteiger partial charge is 0.411 e. The van der Waals surface area contributed by atoms with Crippen LogP contribution in [0.5, 0.6) is 0 Å². The minimum atomic E-state index is 0.749. The summed E-state index contributed by atoms with van der Waals surface area (Å²) in [5.41, 5.74) is 3.41. The molecule has 0 saturated heterocycles. The molecule has 5 heteroatoms. The molecule has 0 amide bonds. The average Bonchev–Trinajstić information content (AvgIpc) is 2.93. The first-order chi connectivity index (χ1) is 10.3. The Morgan fingerprint density at radius 1 is 1.10 bits per heavy atom. The molecule has 0 unspecified atom stereocenters. The highest BCUT2D eigenvalue weighted by Crippen LogP contribution is 2.25. The summed E-state index contributed by atoms with van der Waals surface area (Å²) in [6.07, 6.45) is 3.23. The number of oxime groups is 1. The number of nitrogens with zero attached hydrogens (tertiary/aromatic N) is 3. The fourth-order valence-electron chi connectivity index (χ4n) is 2.12. The van der Waals surface area contributed by atoms with Crippen molar-refractivity contribution < 1.29 is 5.21 Å². The molecule has 1 N–H and O–H groups in total. The van der Waals surface area contributed by atoms with Crippen molar-refractivity contribution in [3.8, 4) is 16.9 Å². The lowest BCUT2D eigenvalue weighted by Crippen LogP contribution is -1.93. The summed E-state index contributed by atoms with van der Waals surface area (Å²) >= 11 is 3.46. The molecule has 104 valence electrons. The second-order valence-electron chi connectivity index (χ2n) is 4.47. The summed E-state index contributed by atoms with van der Waals surface area (Å²) in [4.78, 5) is 0. The van der Waals surface area contributed by atoms with Crippen molar-refractivity contribution in [2.75, 3.05) is 0 Å². The zero-order chi connectivity index (χ0) is 14.7. The lowest BCUT2D eigenvalue weighted by molar-refractivity contribution is 0.322. The van der Waals surface area contributed by atoms with Crippen LogP contribution in [0.2, 0.25) is 0 Å². The Kier molecular flexibility index (Phi) is 3.83. The molecule has 0 bridgehead atoms. The quantitative estimate of drug-likeness (QED) is 0.442. The molecular formula is C16H12BrN3O. The lowest BCUT2D eigenvalue weighted by Gasteiger charge is -2.01. The molecule has 1 heterocycles. The van der Waals surface area contributed by atoms with Gasteiger partial charge in [0.2, 0.25) is 0 Å². The first-order valence-electron chi connectivity index (χ1n) is 6.36. The van der Waals surface area contributed by atoms with Gasteiger partial charge in [0.05, 0.1) is 11.9 Å². The highest BCUT2D eigenvalue weighted by molar-refractivity contribution is 9.10. The van der Waals surface area contributed by atoms with Gasteiger partial charge in [0.25, 0.3) is 0 Å². The van der Waals surface area contributed by atoms with Gasteiger partial charge in [-0.25, -0.2) is 4.68 Å². The maximum atomic E-state index is 8.85. The van der Waals surface area contributed by atoms with Crippen LogP contribution in [-0.4, -0.2) is 21.2 Å². The number of hydrogen-bond acceptors (Lipinski definition) is 3. The van der Waals surface area contributed by atoms with Gasteiger partial charge in [-0.2, -0.15) is 5.10 Å². The predicted octanol–water partition coefficient (Wildman–Crippen LogP) is 4.11. The van der Waals surface area contributed by atoms with Crippen LogP contribution in [-0.2, 0) is 0 Å². The van der Waals surface area contributed by atoms with E-state index in [1.807, 2.05) is 60.8 Å². The highest BCUT2D eigenvalue weighted by atomic mass is 79.9. The molecule has 1 aromatic heterocycles. The molecule has 21 heavy (non-hydrogen) atoms. The molecule has 3 rings (SSSR count). The van der Waals surface area contributed by atoms with Gasteiger partial charge < -0.3 is 5.21 Å². The van der Waals surface area contributed by atoms with Crippen molar-refractivity contribution in [3.63, 3.8) is 0 Å². The van der Waals surface area contributed by atoms with E-state index in [1.165, 1.54) is 6.21 Å². The van der Waals surface area contributed by atoms with Crippen molar-refractivity contribution in [3.05, 3.63) is 70.8 Å². The monoisotopic (exact) mass is 341 g/mol. The van der Waals surface area contributed by atoms with Crippen LogP contribution in [0.3, 0.4) is 0 Å². The second-order valence-corrected chi connectivity index (χ2v) is 5.38. The van der Waals surface area contributed by atoms with Gasteiger partial charge >= 0.3 is 0 Å². The molecule has 0 atom stereocenters. The van der Waals surface area contributed by atoms with Crippen LogP contribution in [0.25, 0.3) is 16.9 Å². The van der Waals surface area contributed by atoms with Gasteiger partial charge in [-0.3, -0.25) is 0 Å². The molecule has 0 radical (unpaired) electrons. The summed E-state index contributed by atoms with van der Waals surface area (Å²) in [5, 5.41) is 16.6. The van der Waals surface area contributed by atoms with E-state index in [1.54, 1.807) is 4.68 Å². The molecule has 0 aliphatic heterocycles. The topological polar surface area (TPSA) is 50.4 Å². The standard InChI is InChI=1S/C16H12BrN3O/c17-14-6-4-5-12(9-14)16-13(10-18-21)11-20(19-16)15-7-2-1-3-8-15/h1-11,21H. The second kappa shape index (κ2) is 5.93. The van der Waals surface area contributed by atoms with E-state index >= 15 is 0 Å². The Hall–Kier alpha value is -2.40. The maximum Gasteiger partial charge on any atom is 0.102 e. The number of hydrogen-bond donors (Lipinski definition) is 1. The first-order valence-corrected chi connectivity index (χ1v) is 7.15. The summed E-state index contributed by atoms with van der Waals surface area (Å²) in [7, 11) is 0. The van der Waals surface area contributed by atoms with E-state index in [0.717, 1.165) is 27.0 Å². The van der Waals surface area contributed by atoms with Crippen molar-refractivity contribution in [1.82, 2.24) is 9.78 Å². The van der Waals surface area contributed by atoms with Crippen LogP contribution in [0.15, 0.2) is 70.4 Å². The Labute approximate surface area is 130 Å². The third-order valence-electron chi connectivity index (χ3n) is 3.06. The van der Waals surface area contributed by atoms with E-state index < -0.39 is 0 Å². The van der Waals surface area contributed by atoms with Gasteiger partial charge in [-0.15, -0.1) is 0 Å². The summed E-state index contributed by atoms with van der Waals surface area (Å²) in [6, 6.07) is 17.7. The Bertz CT molecular complexity index is 781. The summed E-state index contributed by atoms with van der Waals surface area (Å²) in [5.74, 6) is 0. The number of halogens is 1. The Morgan fingerprint density at radius 2 is 1.90 bits per heavy atom. The summed E-state index contributed by atoms with van der Waals surface area (Å²) in [6.45, 7) is 0. The number of benzene rings is 2. The lowest BCUT2D eigenvalue weighted by atomic mass is 10.1. The molecule has 0 aliphatic rings. The van der Waals surface area contributed by atoms with Crippen molar-refractivity contribution >= 4 is 22.1 Å². The van der Waals surface area contributed by atoms with Gasteiger partial charge in [0, 0.05) is 21.8 Å². The molecule has 4 nitrogen and oxygen atoms in total. The average molecular weight is 342 g/mol. The number of rotatable bonds is 3. The van der Waals surface area contributed by atoms with Gasteiger partial charge in [0.1, 0.15) is 5.69 Å². The minimum Gasteiger partial charge on any atom is -0.411 e. The SMILES string of the molecule is ON=Cc1cn(-c2ccccc2)nc1-c1cccc(Br)c1. The molecule has 2 aromatic carbocycles. The third kappa shape index (κ3) is 2.87. The smallest absolute Gasteiger partial charge is 0.102 e. The van der Waals surface area contributed by atoms with Gasteiger partial charge in [-0.05, 0) is 24.3 Å². The van der Waals surface area contributed by atoms with Crippen LogP contribution >= 0.6 is 15.9 Å². The molecule has 0 spiro atoms. The van der Waals surface area contributed by atoms with Crippen LogP contribution in [0.4, 0.5) is 0 Å². The third-order valence-corrected chi connectivity index (χ3v) is 3.55. The fraction of sp³-hybridized carbons (Fsp3) is 0. The number of para-hydroxylation sites is 1. The van der Waals surface area contributed by atoms with Crippen molar-refractivity contribution in [2.24, 2.45) is 5.16 Å². The molecule has 0 fully saturated rings. The summed E-state index contributed by atoms with van der Waals surface area (Å²) < 4.78 is 2.74. The Morgan fingerprint density at radius 3 is 2.62 bits per heavy atom.